The van der Waals surface area contributed by atoms with Gasteiger partial charge in [-0.3, -0.25) is 4.90 Å². The highest BCUT2D eigenvalue weighted by atomic mass is 15.3. The van der Waals surface area contributed by atoms with Crippen LogP contribution in [0, 0.1) is 0 Å². The zero-order chi connectivity index (χ0) is 12.1. The summed E-state index contributed by atoms with van der Waals surface area (Å²) in [4.78, 5) is 7.24. The fourth-order valence-corrected chi connectivity index (χ4v) is 2.24. The van der Waals surface area contributed by atoms with Crippen LogP contribution in [0.4, 0.5) is 0 Å². The van der Waals surface area contributed by atoms with Crippen LogP contribution in [0.2, 0.25) is 0 Å². The molecule has 16 heavy (non-hydrogen) atoms. The zero-order valence-corrected chi connectivity index (χ0v) is 11.3. The lowest BCUT2D eigenvalue weighted by Gasteiger charge is -2.31. The van der Waals surface area contributed by atoms with E-state index in [-0.39, 0.29) is 0 Å². The van der Waals surface area contributed by atoms with E-state index in [0.717, 1.165) is 26.2 Å². The number of rotatable bonds is 4. The van der Waals surface area contributed by atoms with Gasteiger partial charge in [-0.15, -0.1) is 0 Å². The maximum Gasteiger partial charge on any atom is 0.0342 e. The van der Waals surface area contributed by atoms with Crippen molar-refractivity contribution in [3.8, 4) is 0 Å². The van der Waals surface area contributed by atoms with Gasteiger partial charge in [0.2, 0.25) is 0 Å². The van der Waals surface area contributed by atoms with Gasteiger partial charge >= 0.3 is 0 Å². The van der Waals surface area contributed by atoms with E-state index in [9.17, 15) is 0 Å². The van der Waals surface area contributed by atoms with Crippen LogP contribution in [0.5, 0.6) is 0 Å². The van der Waals surface area contributed by atoms with Crippen LogP contribution in [-0.4, -0.2) is 80.7 Å². The van der Waals surface area contributed by atoms with Crippen molar-refractivity contribution in [2.24, 2.45) is 5.73 Å². The summed E-state index contributed by atoms with van der Waals surface area (Å²) in [7, 11) is 6.46. The number of nitrogens with two attached hydrogens (primary N) is 1. The molecule has 1 aliphatic heterocycles. The Morgan fingerprint density at radius 3 is 2.62 bits per heavy atom. The Morgan fingerprint density at radius 1 is 1.38 bits per heavy atom. The van der Waals surface area contributed by atoms with E-state index in [4.69, 9.17) is 5.73 Å². The SMILES string of the molecule is CC1CCN(C)C(CN)CN1CCN(C)C. The molecule has 2 unspecified atom stereocenters. The third-order valence-corrected chi connectivity index (χ3v) is 3.70. The Labute approximate surface area is 100 Å². The number of hydrogen-bond acceptors (Lipinski definition) is 4. The fraction of sp³-hybridized carbons (Fsp3) is 1.00. The maximum absolute atomic E-state index is 5.85. The van der Waals surface area contributed by atoms with Crippen molar-refractivity contribution < 1.29 is 0 Å². The Balaban J connectivity index is 2.52. The summed E-state index contributed by atoms with van der Waals surface area (Å²) in [6, 6.07) is 1.20. The minimum atomic E-state index is 0.520. The monoisotopic (exact) mass is 228 g/mol. The molecule has 0 aliphatic carbocycles. The molecular weight excluding hydrogens is 200 g/mol. The molecule has 0 aromatic carbocycles. The Morgan fingerprint density at radius 2 is 2.06 bits per heavy atom. The lowest BCUT2D eigenvalue weighted by atomic mass is 10.2. The summed E-state index contributed by atoms with van der Waals surface area (Å²) < 4.78 is 0. The van der Waals surface area contributed by atoms with E-state index in [1.54, 1.807) is 0 Å². The molecule has 0 saturated carbocycles. The van der Waals surface area contributed by atoms with Crippen LogP contribution in [0.3, 0.4) is 0 Å². The molecule has 4 heteroatoms. The highest BCUT2D eigenvalue weighted by Gasteiger charge is 2.25. The van der Waals surface area contributed by atoms with E-state index in [1.807, 2.05) is 0 Å². The lowest BCUT2D eigenvalue weighted by molar-refractivity contribution is 0.170. The van der Waals surface area contributed by atoms with Crippen LogP contribution >= 0.6 is 0 Å². The molecule has 0 aromatic rings. The summed E-state index contributed by atoms with van der Waals surface area (Å²) in [5.74, 6) is 0. The van der Waals surface area contributed by atoms with E-state index in [2.05, 4.69) is 42.8 Å². The standard InChI is InChI=1S/C12H28N4/c1-11-5-6-15(4)12(9-13)10-16(11)8-7-14(2)3/h11-12H,5-10,13H2,1-4H3. The smallest absolute Gasteiger partial charge is 0.0342 e. The van der Waals surface area contributed by atoms with Crippen LogP contribution < -0.4 is 5.73 Å². The fourth-order valence-electron chi connectivity index (χ4n) is 2.24. The van der Waals surface area contributed by atoms with Crippen LogP contribution in [0.1, 0.15) is 13.3 Å². The maximum atomic E-state index is 5.85. The van der Waals surface area contributed by atoms with Gasteiger partial charge in [0.25, 0.3) is 0 Å². The molecule has 0 bridgehead atoms. The normalized spacial score (nSPS) is 29.6. The summed E-state index contributed by atoms with van der Waals surface area (Å²) in [5.41, 5.74) is 5.85. The van der Waals surface area contributed by atoms with Crippen LogP contribution in [0.15, 0.2) is 0 Å². The molecule has 1 fully saturated rings. The average Bonchev–Trinajstić information content (AvgIpc) is 2.37. The van der Waals surface area contributed by atoms with Crippen LogP contribution in [0.25, 0.3) is 0 Å². The highest BCUT2D eigenvalue weighted by Crippen LogP contribution is 2.13. The Kier molecular flexibility index (Phi) is 5.69. The van der Waals surface area contributed by atoms with Gasteiger partial charge in [0, 0.05) is 38.3 Å². The molecule has 0 aromatic heterocycles. The summed E-state index contributed by atoms with van der Waals surface area (Å²) >= 11 is 0. The Bertz CT molecular complexity index is 195. The quantitative estimate of drug-likeness (QED) is 0.729. The highest BCUT2D eigenvalue weighted by molar-refractivity contribution is 4.82. The second-order valence-electron chi connectivity index (χ2n) is 5.31. The van der Waals surface area contributed by atoms with Gasteiger partial charge in [-0.25, -0.2) is 0 Å². The molecule has 96 valence electrons. The van der Waals surface area contributed by atoms with Gasteiger partial charge in [0.15, 0.2) is 0 Å². The summed E-state index contributed by atoms with van der Waals surface area (Å²) in [5, 5.41) is 0. The topological polar surface area (TPSA) is 35.7 Å². The molecule has 0 amide bonds. The largest absolute Gasteiger partial charge is 0.329 e. The van der Waals surface area contributed by atoms with Crippen molar-refractivity contribution in [3.05, 3.63) is 0 Å². The van der Waals surface area contributed by atoms with Gasteiger partial charge in [0.05, 0.1) is 0 Å². The lowest BCUT2D eigenvalue weighted by Crippen LogP contribution is -2.46. The minimum Gasteiger partial charge on any atom is -0.329 e. The molecule has 2 atom stereocenters. The van der Waals surface area contributed by atoms with E-state index >= 15 is 0 Å². The first-order valence-corrected chi connectivity index (χ1v) is 6.33. The second kappa shape index (κ2) is 6.55. The first kappa shape index (κ1) is 13.9. The molecule has 1 heterocycles. The van der Waals surface area contributed by atoms with Gasteiger partial charge in [-0.05, 0) is 41.0 Å². The predicted molar refractivity (Wildman–Crippen MR) is 69.7 cm³/mol. The first-order chi connectivity index (χ1) is 7.54. The number of likely N-dealkylation sites (N-methyl/N-ethyl adjacent to an activating group) is 2. The van der Waals surface area contributed by atoms with Crippen molar-refractivity contribution in [2.45, 2.75) is 25.4 Å². The second-order valence-corrected chi connectivity index (χ2v) is 5.31. The molecule has 1 saturated heterocycles. The van der Waals surface area contributed by atoms with Gasteiger partial charge in [-0.1, -0.05) is 0 Å². The van der Waals surface area contributed by atoms with Crippen molar-refractivity contribution in [1.29, 1.82) is 0 Å². The summed E-state index contributed by atoms with van der Waals surface area (Å²) in [6.45, 7) is 7.66. The molecule has 1 rings (SSSR count). The van der Waals surface area contributed by atoms with E-state index < -0.39 is 0 Å². The van der Waals surface area contributed by atoms with Crippen LogP contribution in [-0.2, 0) is 0 Å². The third kappa shape index (κ3) is 4.01. The molecule has 2 N–H and O–H groups in total. The summed E-state index contributed by atoms with van der Waals surface area (Å²) in [6.07, 6.45) is 1.25. The molecular formula is C12H28N4. The Hall–Kier alpha value is -0.160. The molecule has 1 aliphatic rings. The van der Waals surface area contributed by atoms with Crippen molar-refractivity contribution >= 4 is 0 Å². The van der Waals surface area contributed by atoms with Crippen molar-refractivity contribution in [1.82, 2.24) is 14.7 Å². The molecule has 0 radical (unpaired) electrons. The number of nitrogens with zero attached hydrogens (tertiary/aromatic N) is 3. The van der Waals surface area contributed by atoms with Gasteiger partial charge in [0.1, 0.15) is 0 Å². The average molecular weight is 228 g/mol. The predicted octanol–water partition coefficient (Wildman–Crippen LogP) is -0.0987. The van der Waals surface area contributed by atoms with Crippen molar-refractivity contribution in [2.75, 3.05) is 53.9 Å². The molecule has 0 spiro atoms. The zero-order valence-electron chi connectivity index (χ0n) is 11.3. The van der Waals surface area contributed by atoms with E-state index in [1.165, 1.54) is 13.0 Å². The van der Waals surface area contributed by atoms with Gasteiger partial charge in [-0.2, -0.15) is 0 Å². The minimum absolute atomic E-state index is 0.520. The van der Waals surface area contributed by atoms with E-state index in [0.29, 0.717) is 12.1 Å². The van der Waals surface area contributed by atoms with Gasteiger partial charge < -0.3 is 15.5 Å². The first-order valence-electron chi connectivity index (χ1n) is 6.33. The van der Waals surface area contributed by atoms with Crippen molar-refractivity contribution in [3.63, 3.8) is 0 Å². The molecule has 4 nitrogen and oxygen atoms in total. The number of hydrogen-bond donors (Lipinski definition) is 1. The third-order valence-electron chi connectivity index (χ3n) is 3.70.